The van der Waals surface area contributed by atoms with Crippen LogP contribution in [0.2, 0.25) is 0 Å². The Morgan fingerprint density at radius 1 is 1.21 bits per heavy atom. The molecule has 1 aromatic rings. The van der Waals surface area contributed by atoms with Gasteiger partial charge in [-0.3, -0.25) is 9.59 Å². The first kappa shape index (κ1) is 18.5. The van der Waals surface area contributed by atoms with Gasteiger partial charge in [0.25, 0.3) is 0 Å². The number of likely N-dealkylation sites (tertiary alicyclic amines) is 1. The summed E-state index contributed by atoms with van der Waals surface area (Å²) in [7, 11) is 0. The predicted molar refractivity (Wildman–Crippen MR) is 91.5 cm³/mol. The summed E-state index contributed by atoms with van der Waals surface area (Å²) in [5, 5.41) is 8.77. The van der Waals surface area contributed by atoms with Crippen molar-refractivity contribution in [2.24, 2.45) is 5.92 Å². The van der Waals surface area contributed by atoms with Crippen LogP contribution in [0.1, 0.15) is 44.1 Å². The molecule has 1 atom stereocenters. The van der Waals surface area contributed by atoms with Gasteiger partial charge in [0.15, 0.2) is 0 Å². The van der Waals surface area contributed by atoms with E-state index in [9.17, 15) is 9.59 Å². The van der Waals surface area contributed by atoms with E-state index in [2.05, 4.69) is 0 Å². The number of carboxylic acid groups (broad SMARTS) is 1. The lowest BCUT2D eigenvalue weighted by Gasteiger charge is -2.32. The highest BCUT2D eigenvalue weighted by atomic mass is 16.5. The van der Waals surface area contributed by atoms with E-state index >= 15 is 0 Å². The van der Waals surface area contributed by atoms with Crippen molar-refractivity contribution >= 4 is 11.9 Å². The Labute approximate surface area is 143 Å². The molecule has 1 heterocycles. The highest BCUT2D eigenvalue weighted by Gasteiger charge is 2.23. The zero-order chi connectivity index (χ0) is 17.2. The molecule has 0 radical (unpaired) electrons. The van der Waals surface area contributed by atoms with Crippen molar-refractivity contribution in [3.8, 4) is 0 Å². The Morgan fingerprint density at radius 2 is 2.00 bits per heavy atom. The molecule has 0 saturated carbocycles. The highest BCUT2D eigenvalue weighted by Crippen LogP contribution is 2.21. The fraction of sp³-hybridized carbons (Fsp3) is 0.579. The van der Waals surface area contributed by atoms with Crippen LogP contribution in [0.4, 0.5) is 0 Å². The van der Waals surface area contributed by atoms with Crippen molar-refractivity contribution in [2.75, 3.05) is 19.7 Å². The molecule has 132 valence electrons. The average Bonchev–Trinajstić information content (AvgIpc) is 2.60. The van der Waals surface area contributed by atoms with E-state index in [0.717, 1.165) is 31.4 Å². The van der Waals surface area contributed by atoms with E-state index < -0.39 is 5.97 Å². The quantitative estimate of drug-likeness (QED) is 0.705. The summed E-state index contributed by atoms with van der Waals surface area (Å²) in [4.78, 5) is 24.8. The van der Waals surface area contributed by atoms with Crippen LogP contribution in [0.5, 0.6) is 0 Å². The van der Waals surface area contributed by atoms with Crippen LogP contribution < -0.4 is 0 Å². The van der Waals surface area contributed by atoms with Crippen LogP contribution in [0.25, 0.3) is 0 Å². The third-order valence-electron chi connectivity index (χ3n) is 4.43. The zero-order valence-electron chi connectivity index (χ0n) is 14.2. The largest absolute Gasteiger partial charge is 0.481 e. The molecule has 0 aromatic heterocycles. The van der Waals surface area contributed by atoms with Crippen LogP contribution in [0.3, 0.4) is 0 Å². The van der Waals surface area contributed by atoms with Crippen molar-refractivity contribution in [2.45, 2.75) is 45.1 Å². The first-order chi connectivity index (χ1) is 11.6. The Balaban J connectivity index is 1.60. The van der Waals surface area contributed by atoms with Crippen molar-refractivity contribution in [3.05, 3.63) is 35.9 Å². The van der Waals surface area contributed by atoms with Gasteiger partial charge in [-0.15, -0.1) is 0 Å². The maximum Gasteiger partial charge on any atom is 0.303 e. The minimum Gasteiger partial charge on any atom is -0.481 e. The number of benzene rings is 1. The third kappa shape index (κ3) is 6.71. The number of hydrogen-bond acceptors (Lipinski definition) is 3. The number of hydrogen-bond donors (Lipinski definition) is 1. The Morgan fingerprint density at radius 3 is 2.75 bits per heavy atom. The van der Waals surface area contributed by atoms with E-state index in [1.165, 1.54) is 0 Å². The number of amides is 1. The topological polar surface area (TPSA) is 66.8 Å². The predicted octanol–water partition coefficient (Wildman–Crippen LogP) is 3.09. The molecule has 1 aliphatic heterocycles. The van der Waals surface area contributed by atoms with Crippen LogP contribution in [-0.4, -0.2) is 41.6 Å². The van der Waals surface area contributed by atoms with Gasteiger partial charge < -0.3 is 14.7 Å². The Kier molecular flexibility index (Phi) is 7.75. The van der Waals surface area contributed by atoms with Gasteiger partial charge in [-0.2, -0.15) is 0 Å². The summed E-state index contributed by atoms with van der Waals surface area (Å²) >= 11 is 0. The van der Waals surface area contributed by atoms with Gasteiger partial charge >= 0.3 is 5.97 Å². The molecule has 1 fully saturated rings. The van der Waals surface area contributed by atoms with E-state index in [-0.39, 0.29) is 12.3 Å². The second-order valence-corrected chi connectivity index (χ2v) is 6.42. The fourth-order valence-corrected chi connectivity index (χ4v) is 3.10. The SMILES string of the molecule is O=C(O)CCC1CCCN(C(=O)CCCOCc2ccccc2)C1. The first-order valence-corrected chi connectivity index (χ1v) is 8.76. The van der Waals surface area contributed by atoms with Gasteiger partial charge in [0.05, 0.1) is 6.61 Å². The summed E-state index contributed by atoms with van der Waals surface area (Å²) in [6, 6.07) is 10.00. The van der Waals surface area contributed by atoms with Gasteiger partial charge in [-0.05, 0) is 37.2 Å². The fourth-order valence-electron chi connectivity index (χ4n) is 3.10. The summed E-state index contributed by atoms with van der Waals surface area (Å²) < 4.78 is 5.61. The minimum atomic E-state index is -0.756. The van der Waals surface area contributed by atoms with Gasteiger partial charge in [0, 0.05) is 32.5 Å². The monoisotopic (exact) mass is 333 g/mol. The maximum atomic E-state index is 12.3. The molecule has 1 amide bonds. The first-order valence-electron chi connectivity index (χ1n) is 8.76. The molecule has 1 saturated heterocycles. The number of carbonyl (C=O) groups is 2. The average molecular weight is 333 g/mol. The van der Waals surface area contributed by atoms with Crippen molar-refractivity contribution < 1.29 is 19.4 Å². The number of carboxylic acids is 1. The number of rotatable bonds is 9. The minimum absolute atomic E-state index is 0.165. The number of piperidine rings is 1. The van der Waals surface area contributed by atoms with Gasteiger partial charge in [0.1, 0.15) is 0 Å². The van der Waals surface area contributed by atoms with E-state index in [1.54, 1.807) is 0 Å². The van der Waals surface area contributed by atoms with E-state index in [0.29, 0.717) is 38.5 Å². The van der Waals surface area contributed by atoms with E-state index in [4.69, 9.17) is 9.84 Å². The van der Waals surface area contributed by atoms with Crippen LogP contribution >= 0.6 is 0 Å². The van der Waals surface area contributed by atoms with Crippen molar-refractivity contribution in [3.63, 3.8) is 0 Å². The third-order valence-corrected chi connectivity index (χ3v) is 4.43. The Bertz CT molecular complexity index is 517. The van der Waals surface area contributed by atoms with Gasteiger partial charge in [-0.25, -0.2) is 0 Å². The molecular formula is C19H27NO4. The van der Waals surface area contributed by atoms with Gasteiger partial charge in [0.2, 0.25) is 5.91 Å². The summed E-state index contributed by atoms with van der Waals surface area (Å²) in [5.41, 5.74) is 1.14. The van der Waals surface area contributed by atoms with Crippen LogP contribution in [0.15, 0.2) is 30.3 Å². The molecule has 0 spiro atoms. The number of aliphatic carboxylic acids is 1. The smallest absolute Gasteiger partial charge is 0.303 e. The standard InChI is InChI=1S/C19H27NO4/c21-18(9-5-13-24-15-17-6-2-1-3-7-17)20-12-4-8-16(14-20)10-11-19(22)23/h1-3,6-7,16H,4-5,8-15H2,(H,22,23). The number of nitrogens with zero attached hydrogens (tertiary/aromatic N) is 1. The second-order valence-electron chi connectivity index (χ2n) is 6.42. The second kappa shape index (κ2) is 10.1. The molecule has 2 rings (SSSR count). The van der Waals surface area contributed by atoms with Crippen molar-refractivity contribution in [1.29, 1.82) is 0 Å². The highest BCUT2D eigenvalue weighted by molar-refractivity contribution is 5.76. The lowest BCUT2D eigenvalue weighted by atomic mass is 9.93. The molecule has 0 aliphatic carbocycles. The lowest BCUT2D eigenvalue weighted by Crippen LogP contribution is -2.40. The molecule has 0 bridgehead atoms. The van der Waals surface area contributed by atoms with Gasteiger partial charge in [-0.1, -0.05) is 30.3 Å². The summed E-state index contributed by atoms with van der Waals surface area (Å²) in [6.45, 7) is 2.66. The molecular weight excluding hydrogens is 306 g/mol. The molecule has 1 unspecified atom stereocenters. The molecule has 1 N–H and O–H groups in total. The van der Waals surface area contributed by atoms with Crippen LogP contribution in [0, 0.1) is 5.92 Å². The maximum absolute atomic E-state index is 12.3. The normalized spacial score (nSPS) is 17.7. The molecule has 24 heavy (non-hydrogen) atoms. The summed E-state index contributed by atoms with van der Waals surface area (Å²) in [5.74, 6) is -0.263. The zero-order valence-corrected chi connectivity index (χ0v) is 14.2. The summed E-state index contributed by atoms with van der Waals surface area (Å²) in [6.07, 6.45) is 4.08. The molecule has 1 aromatic carbocycles. The van der Waals surface area contributed by atoms with Crippen LogP contribution in [-0.2, 0) is 20.9 Å². The number of carbonyl (C=O) groups excluding carboxylic acids is 1. The van der Waals surface area contributed by atoms with Crippen molar-refractivity contribution in [1.82, 2.24) is 4.90 Å². The molecule has 1 aliphatic rings. The number of ether oxygens (including phenoxy) is 1. The van der Waals surface area contributed by atoms with E-state index in [1.807, 2.05) is 35.2 Å². The Hall–Kier alpha value is -1.88. The molecule has 5 heteroatoms. The lowest BCUT2D eigenvalue weighted by molar-refractivity contribution is -0.137. The molecule has 5 nitrogen and oxygen atoms in total.